The first-order valence-corrected chi connectivity index (χ1v) is 8.05. The van der Waals surface area contributed by atoms with E-state index in [1.54, 1.807) is 0 Å². The number of piperidine rings is 2. The van der Waals surface area contributed by atoms with Crippen LogP contribution in [0.1, 0.15) is 37.7 Å². The number of amides is 1. The van der Waals surface area contributed by atoms with E-state index >= 15 is 0 Å². The lowest BCUT2D eigenvalue weighted by molar-refractivity contribution is -0.131. The molecule has 1 aromatic carbocycles. The number of carboxylic acids is 1. The number of carbonyl (C=O) groups is 2. The Bertz CT molecular complexity index is 595. The van der Waals surface area contributed by atoms with Crippen LogP contribution in [0.5, 0.6) is 0 Å². The average molecular weight is 315 g/mol. The van der Waals surface area contributed by atoms with E-state index in [1.807, 2.05) is 35.2 Å². The predicted molar refractivity (Wildman–Crippen MR) is 84.8 cm³/mol. The summed E-state index contributed by atoms with van der Waals surface area (Å²) in [4.78, 5) is 25.2. The van der Waals surface area contributed by atoms with Crippen LogP contribution < -0.4 is 0 Å². The summed E-state index contributed by atoms with van der Waals surface area (Å²) in [5.74, 6) is -0.904. The van der Waals surface area contributed by atoms with Gasteiger partial charge in [0.05, 0.1) is 0 Å². The molecule has 23 heavy (non-hydrogen) atoms. The topological polar surface area (TPSA) is 66.8 Å². The Labute approximate surface area is 135 Å². The molecular formula is C18H21NO4. The van der Waals surface area contributed by atoms with Gasteiger partial charge in [0.15, 0.2) is 0 Å². The van der Waals surface area contributed by atoms with Crippen molar-refractivity contribution in [1.29, 1.82) is 0 Å². The largest absolute Gasteiger partial charge is 0.478 e. The highest BCUT2D eigenvalue weighted by molar-refractivity contribution is 5.81. The molecule has 2 heterocycles. The standard InChI is InChI=1S/C18H21NO4/c20-17(21)11-14-9-15-7-4-8-16(10-14)19(15)18(22)23-12-13-5-2-1-3-6-13/h1-3,5-6,11,15-16H,4,7-10,12H2,(H,20,21). The summed E-state index contributed by atoms with van der Waals surface area (Å²) in [6.07, 6.45) is 5.21. The molecule has 2 atom stereocenters. The first-order chi connectivity index (χ1) is 11.1. The molecule has 2 unspecified atom stereocenters. The van der Waals surface area contributed by atoms with Gasteiger partial charge in [-0.15, -0.1) is 0 Å². The number of rotatable bonds is 3. The summed E-state index contributed by atoms with van der Waals surface area (Å²) in [7, 11) is 0. The molecule has 0 aliphatic carbocycles. The fourth-order valence-corrected chi connectivity index (χ4v) is 3.64. The van der Waals surface area contributed by atoms with E-state index in [2.05, 4.69) is 0 Å². The number of hydrogen-bond donors (Lipinski definition) is 1. The average Bonchev–Trinajstić information content (AvgIpc) is 2.52. The summed E-state index contributed by atoms with van der Waals surface area (Å²) in [5, 5.41) is 8.93. The summed E-state index contributed by atoms with van der Waals surface area (Å²) in [6, 6.07) is 9.75. The van der Waals surface area contributed by atoms with Gasteiger partial charge in [0, 0.05) is 18.2 Å². The van der Waals surface area contributed by atoms with Crippen LogP contribution in [0.3, 0.4) is 0 Å². The van der Waals surface area contributed by atoms with Crippen molar-refractivity contribution in [3.05, 3.63) is 47.5 Å². The van der Waals surface area contributed by atoms with Crippen LogP contribution in [0.15, 0.2) is 42.0 Å². The minimum absolute atomic E-state index is 0.0661. The zero-order valence-electron chi connectivity index (χ0n) is 13.0. The summed E-state index contributed by atoms with van der Waals surface area (Å²) in [5.41, 5.74) is 1.90. The van der Waals surface area contributed by atoms with Crippen molar-refractivity contribution in [2.24, 2.45) is 0 Å². The number of nitrogens with zero attached hydrogens (tertiary/aromatic N) is 1. The molecule has 1 amide bonds. The van der Waals surface area contributed by atoms with Crippen molar-refractivity contribution >= 4 is 12.1 Å². The molecule has 3 rings (SSSR count). The number of fused-ring (bicyclic) bond motifs is 2. The number of ether oxygens (including phenoxy) is 1. The SMILES string of the molecule is O=C(O)C=C1CC2CCCC(C1)N2C(=O)OCc1ccccc1. The van der Waals surface area contributed by atoms with Gasteiger partial charge in [-0.2, -0.15) is 0 Å². The second-order valence-corrected chi connectivity index (χ2v) is 6.24. The maximum Gasteiger partial charge on any atom is 0.410 e. The highest BCUT2D eigenvalue weighted by Gasteiger charge is 2.39. The molecule has 122 valence electrons. The van der Waals surface area contributed by atoms with Gasteiger partial charge in [-0.05, 0) is 37.7 Å². The highest BCUT2D eigenvalue weighted by atomic mass is 16.6. The van der Waals surface area contributed by atoms with Crippen LogP contribution in [0, 0.1) is 0 Å². The first kappa shape index (κ1) is 15.6. The minimum Gasteiger partial charge on any atom is -0.478 e. The molecule has 2 aliphatic heterocycles. The van der Waals surface area contributed by atoms with Crippen molar-refractivity contribution in [2.45, 2.75) is 50.8 Å². The Balaban J connectivity index is 1.65. The van der Waals surface area contributed by atoms with Crippen molar-refractivity contribution in [3.8, 4) is 0 Å². The second kappa shape index (κ2) is 6.86. The lowest BCUT2D eigenvalue weighted by Gasteiger charge is -2.46. The lowest BCUT2D eigenvalue weighted by atomic mass is 9.82. The van der Waals surface area contributed by atoms with Crippen LogP contribution in [-0.2, 0) is 16.1 Å². The number of carbonyl (C=O) groups excluding carboxylic acids is 1. The molecule has 2 saturated heterocycles. The van der Waals surface area contributed by atoms with E-state index in [9.17, 15) is 9.59 Å². The zero-order chi connectivity index (χ0) is 16.2. The van der Waals surface area contributed by atoms with Crippen molar-refractivity contribution in [3.63, 3.8) is 0 Å². The predicted octanol–water partition coefficient (Wildman–Crippen LogP) is 3.35. The maximum absolute atomic E-state index is 12.5. The van der Waals surface area contributed by atoms with Crippen molar-refractivity contribution < 1.29 is 19.4 Å². The third kappa shape index (κ3) is 3.73. The van der Waals surface area contributed by atoms with Gasteiger partial charge < -0.3 is 14.7 Å². The van der Waals surface area contributed by atoms with Gasteiger partial charge >= 0.3 is 12.1 Å². The monoisotopic (exact) mass is 315 g/mol. The third-order valence-corrected chi connectivity index (χ3v) is 4.60. The molecule has 1 N–H and O–H groups in total. The maximum atomic E-state index is 12.5. The lowest BCUT2D eigenvalue weighted by Crippen LogP contribution is -2.53. The Morgan fingerprint density at radius 2 is 1.83 bits per heavy atom. The fraction of sp³-hybridized carbons (Fsp3) is 0.444. The molecule has 0 spiro atoms. The van der Waals surface area contributed by atoms with Gasteiger partial charge in [-0.3, -0.25) is 0 Å². The Hall–Kier alpha value is -2.30. The Morgan fingerprint density at radius 3 is 2.43 bits per heavy atom. The third-order valence-electron chi connectivity index (χ3n) is 4.60. The van der Waals surface area contributed by atoms with Crippen LogP contribution >= 0.6 is 0 Å². The molecule has 0 radical (unpaired) electrons. The van der Waals surface area contributed by atoms with Crippen LogP contribution in [0.2, 0.25) is 0 Å². The highest BCUT2D eigenvalue weighted by Crippen LogP contribution is 2.37. The van der Waals surface area contributed by atoms with E-state index in [-0.39, 0.29) is 24.8 Å². The van der Waals surface area contributed by atoms with E-state index in [0.717, 1.165) is 30.4 Å². The quantitative estimate of drug-likeness (QED) is 0.869. The van der Waals surface area contributed by atoms with Crippen LogP contribution in [-0.4, -0.2) is 34.2 Å². The second-order valence-electron chi connectivity index (χ2n) is 6.24. The normalized spacial score (nSPS) is 23.3. The summed E-state index contributed by atoms with van der Waals surface area (Å²) >= 11 is 0. The smallest absolute Gasteiger partial charge is 0.410 e. The molecule has 5 heteroatoms. The van der Waals surface area contributed by atoms with Crippen LogP contribution in [0.4, 0.5) is 4.79 Å². The van der Waals surface area contributed by atoms with Crippen LogP contribution in [0.25, 0.3) is 0 Å². The molecule has 5 nitrogen and oxygen atoms in total. The molecule has 0 saturated carbocycles. The summed E-state index contributed by atoms with van der Waals surface area (Å²) < 4.78 is 5.47. The molecular weight excluding hydrogens is 294 g/mol. The van der Waals surface area contributed by atoms with Gasteiger partial charge in [0.25, 0.3) is 0 Å². The number of aliphatic carboxylic acids is 1. The van der Waals surface area contributed by atoms with E-state index < -0.39 is 5.97 Å². The molecule has 2 fully saturated rings. The number of carboxylic acid groups (broad SMARTS) is 1. The Morgan fingerprint density at radius 1 is 1.17 bits per heavy atom. The fourth-order valence-electron chi connectivity index (χ4n) is 3.64. The molecule has 2 bridgehead atoms. The van der Waals surface area contributed by atoms with Crippen molar-refractivity contribution in [2.75, 3.05) is 0 Å². The number of hydrogen-bond acceptors (Lipinski definition) is 3. The molecule has 1 aromatic rings. The van der Waals surface area contributed by atoms with Gasteiger partial charge in [-0.1, -0.05) is 35.9 Å². The van der Waals surface area contributed by atoms with E-state index in [1.165, 1.54) is 6.08 Å². The van der Waals surface area contributed by atoms with Gasteiger partial charge in [0.1, 0.15) is 6.61 Å². The molecule has 2 aliphatic rings. The molecule has 0 aromatic heterocycles. The van der Waals surface area contributed by atoms with E-state index in [4.69, 9.17) is 9.84 Å². The van der Waals surface area contributed by atoms with Gasteiger partial charge in [0.2, 0.25) is 0 Å². The minimum atomic E-state index is -0.904. The number of benzene rings is 1. The van der Waals surface area contributed by atoms with E-state index in [0.29, 0.717) is 12.8 Å². The summed E-state index contributed by atoms with van der Waals surface area (Å²) in [6.45, 7) is 0.271. The Kier molecular flexibility index (Phi) is 4.65. The zero-order valence-corrected chi connectivity index (χ0v) is 13.0. The van der Waals surface area contributed by atoms with Gasteiger partial charge in [-0.25, -0.2) is 9.59 Å². The first-order valence-electron chi connectivity index (χ1n) is 8.05. The van der Waals surface area contributed by atoms with Crippen molar-refractivity contribution in [1.82, 2.24) is 4.90 Å².